The summed E-state index contributed by atoms with van der Waals surface area (Å²) in [6, 6.07) is -0.327. The van der Waals surface area contributed by atoms with Gasteiger partial charge in [-0.05, 0) is 61.6 Å². The van der Waals surface area contributed by atoms with Crippen molar-refractivity contribution in [1.82, 2.24) is 14.7 Å². The van der Waals surface area contributed by atoms with Crippen LogP contribution in [0.5, 0.6) is 0 Å². The second kappa shape index (κ2) is 19.1. The molecule has 0 aromatic rings. The molecular weight excluding hydrogens is 782 g/mol. The van der Waals surface area contributed by atoms with Crippen molar-refractivity contribution in [1.29, 1.82) is 0 Å². The van der Waals surface area contributed by atoms with E-state index in [1.54, 1.807) is 48.7 Å². The van der Waals surface area contributed by atoms with Crippen molar-refractivity contribution in [3.05, 3.63) is 0 Å². The zero-order valence-electron chi connectivity index (χ0n) is 38.1. The summed E-state index contributed by atoms with van der Waals surface area (Å²) in [5.74, 6) is -5.77. The third kappa shape index (κ3) is 9.77. The van der Waals surface area contributed by atoms with Crippen LogP contribution in [-0.2, 0) is 47.5 Å². The number of rotatable bonds is 10. The van der Waals surface area contributed by atoms with E-state index < -0.39 is 108 Å². The first kappa shape index (κ1) is 49.2. The first-order valence-corrected chi connectivity index (χ1v) is 21.8. The average molecular weight is 858 g/mol. The molecule has 1 saturated carbocycles. The number of carboxylic acid groups (broad SMARTS) is 1. The summed E-state index contributed by atoms with van der Waals surface area (Å²) in [5.41, 5.74) is -4.08. The predicted molar refractivity (Wildman–Crippen MR) is 218 cm³/mol. The molecule has 1 unspecified atom stereocenters. The molecule has 0 bridgehead atoms. The highest BCUT2D eigenvalue weighted by Gasteiger charge is 2.70. The summed E-state index contributed by atoms with van der Waals surface area (Å²) in [6.07, 6.45) is -7.08. The van der Waals surface area contributed by atoms with Gasteiger partial charge in [-0.2, -0.15) is 0 Å². The van der Waals surface area contributed by atoms with Crippen LogP contribution >= 0.6 is 0 Å². The van der Waals surface area contributed by atoms with Crippen LogP contribution in [-0.4, -0.2) is 198 Å². The van der Waals surface area contributed by atoms with Gasteiger partial charge in [0, 0.05) is 76.5 Å². The summed E-state index contributed by atoms with van der Waals surface area (Å²) in [4.78, 5) is 46.4. The van der Waals surface area contributed by atoms with Gasteiger partial charge < -0.3 is 58.5 Å². The van der Waals surface area contributed by atoms with Gasteiger partial charge in [0.2, 0.25) is 0 Å². The monoisotopic (exact) mass is 858 g/mol. The van der Waals surface area contributed by atoms with E-state index in [4.69, 9.17) is 33.2 Å². The van der Waals surface area contributed by atoms with Gasteiger partial charge in [-0.25, -0.2) is 0 Å². The maximum atomic E-state index is 14.3. The van der Waals surface area contributed by atoms with E-state index in [0.29, 0.717) is 32.6 Å². The molecule has 4 N–H and O–H groups in total. The predicted octanol–water partition coefficient (Wildman–Crippen LogP) is 1.37. The maximum absolute atomic E-state index is 14.3. The molecular formula is C43H75N3O14. The Morgan fingerprint density at radius 3 is 2.05 bits per heavy atom. The zero-order chi connectivity index (χ0) is 44.8. The number of aliphatic carboxylic acids is 1. The van der Waals surface area contributed by atoms with Crippen LogP contribution in [0.4, 0.5) is 0 Å². The quantitative estimate of drug-likeness (QED) is 0.229. The number of carboxylic acids is 1. The first-order chi connectivity index (χ1) is 27.9. The molecule has 19 atom stereocenters. The Morgan fingerprint density at radius 2 is 1.48 bits per heavy atom. The molecule has 60 heavy (non-hydrogen) atoms. The molecule has 1 aliphatic carbocycles. The molecule has 4 heterocycles. The van der Waals surface area contributed by atoms with Crippen LogP contribution in [0.3, 0.4) is 0 Å². The summed E-state index contributed by atoms with van der Waals surface area (Å²) in [6.45, 7) is 18.5. The van der Waals surface area contributed by atoms with Crippen LogP contribution < -0.4 is 0 Å². The number of likely N-dealkylation sites (N-methyl/N-ethyl adjacent to an activating group) is 1. The van der Waals surface area contributed by atoms with Gasteiger partial charge in [-0.1, -0.05) is 27.7 Å². The van der Waals surface area contributed by atoms with Crippen molar-refractivity contribution in [2.75, 3.05) is 61.0 Å². The standard InChI is InChI=1S/C43H75N3O14/c1-22-19-42(9,55-13)37(60-40-32(44(10)11)29(18-23(2)56-40)46-16-14-45(15-17-46)21-30(47)48)25(4)34(58-31-20-41(8,54-12)36(51)28(7)57-31)26(5)39(52)59-38-27(6)43(38,53)35(50)24(3)33(22)49/h22-29,31-32,34-38,40,50-51,53H,14-21H2,1-13H3,(H,47,48)/t22-,23-,24+,25+,26-,27?,28+,29-,31+,32+,34+,35-,36+,37-,38-,40+,41-,42+,43+/m1/s1. The lowest BCUT2D eigenvalue weighted by atomic mass is 9.75. The topological polar surface area (TPSA) is 206 Å². The molecule has 0 spiro atoms. The lowest BCUT2D eigenvalue weighted by Crippen LogP contribution is -2.65. The summed E-state index contributed by atoms with van der Waals surface area (Å²) in [5, 5.41) is 43.6. The van der Waals surface area contributed by atoms with E-state index >= 15 is 0 Å². The highest BCUT2D eigenvalue weighted by Crippen LogP contribution is 2.52. The van der Waals surface area contributed by atoms with E-state index in [9.17, 15) is 34.8 Å². The molecule has 5 aliphatic rings. The molecule has 17 heteroatoms. The largest absolute Gasteiger partial charge is 0.480 e. The Morgan fingerprint density at radius 1 is 0.867 bits per heavy atom. The van der Waals surface area contributed by atoms with Crippen LogP contribution in [0.25, 0.3) is 0 Å². The number of nitrogens with zero attached hydrogens (tertiary/aromatic N) is 3. The van der Waals surface area contributed by atoms with E-state index in [-0.39, 0.29) is 43.4 Å². The number of carbonyl (C=O) groups excluding carboxylic acids is 2. The third-order valence-corrected chi connectivity index (χ3v) is 14.8. The summed E-state index contributed by atoms with van der Waals surface area (Å²) in [7, 11) is 7.02. The normalized spacial score (nSPS) is 48.0. The second-order valence-corrected chi connectivity index (χ2v) is 19.3. The molecule has 346 valence electrons. The minimum absolute atomic E-state index is 0.0133. The fraction of sp³-hybridized carbons (Fsp3) is 0.930. The van der Waals surface area contributed by atoms with E-state index in [0.717, 1.165) is 0 Å². The first-order valence-electron chi connectivity index (χ1n) is 21.8. The number of methoxy groups -OCH3 is 2. The molecule has 4 saturated heterocycles. The van der Waals surface area contributed by atoms with Gasteiger partial charge in [0.15, 0.2) is 12.6 Å². The van der Waals surface area contributed by atoms with Crippen molar-refractivity contribution >= 4 is 17.7 Å². The van der Waals surface area contributed by atoms with Crippen LogP contribution in [0.2, 0.25) is 0 Å². The van der Waals surface area contributed by atoms with E-state index in [1.807, 2.05) is 39.8 Å². The van der Waals surface area contributed by atoms with Crippen LogP contribution in [0.1, 0.15) is 81.6 Å². The van der Waals surface area contributed by atoms with Crippen molar-refractivity contribution < 1.29 is 68.0 Å². The Hall–Kier alpha value is -1.87. The van der Waals surface area contributed by atoms with Crippen molar-refractivity contribution in [3.8, 4) is 0 Å². The molecule has 5 rings (SSSR count). The number of fused-ring (bicyclic) bond motifs is 1. The average Bonchev–Trinajstić information content (AvgIpc) is 3.72. The number of esters is 1. The Labute approximate surface area is 356 Å². The number of hydrogen-bond donors (Lipinski definition) is 4. The highest BCUT2D eigenvalue weighted by molar-refractivity contribution is 5.84. The van der Waals surface area contributed by atoms with Gasteiger partial charge in [0.05, 0.1) is 60.2 Å². The Balaban J connectivity index is 1.57. The van der Waals surface area contributed by atoms with E-state index in [2.05, 4.69) is 9.80 Å². The molecule has 0 amide bonds. The van der Waals surface area contributed by atoms with Crippen molar-refractivity contribution in [3.63, 3.8) is 0 Å². The number of piperazine rings is 1. The summed E-state index contributed by atoms with van der Waals surface area (Å²) < 4.78 is 45.3. The van der Waals surface area contributed by atoms with Crippen LogP contribution in [0, 0.1) is 29.6 Å². The minimum Gasteiger partial charge on any atom is -0.480 e. The smallest absolute Gasteiger partial charge is 0.317 e. The Kier molecular flexibility index (Phi) is 15.6. The fourth-order valence-electron chi connectivity index (χ4n) is 10.7. The number of carbonyl (C=O) groups is 3. The fourth-order valence-corrected chi connectivity index (χ4v) is 10.7. The number of ketones is 1. The number of aliphatic hydroxyl groups excluding tert-OH is 2. The Bertz CT molecular complexity index is 1500. The minimum atomic E-state index is -1.82. The van der Waals surface area contributed by atoms with Crippen molar-refractivity contribution in [2.45, 2.75) is 166 Å². The van der Waals surface area contributed by atoms with Gasteiger partial charge in [0.25, 0.3) is 0 Å². The number of Topliss-reactive ketones (excluding diaryl/α,β-unsaturated/α-hetero) is 1. The lowest BCUT2D eigenvalue weighted by molar-refractivity contribution is -0.314. The SMILES string of the molecule is CO[C@]1(C)C[C@H](O[C@H]2[C@H](C)[C@@H](O[C@@H]3O[C@H](C)C[C@@H](N4CCN(CC(=O)O)CC4)[C@@H]3N(C)C)[C@@](C)(OC)C[C@@H](C)C(=O)[C@H](C)[C@@H](O)[C@@]3(O)C(C)[C@H]3OC(=O)[C@@H]2C)O[C@@H](C)[C@@H]1O. The van der Waals surface area contributed by atoms with Gasteiger partial charge >= 0.3 is 11.9 Å². The zero-order valence-corrected chi connectivity index (χ0v) is 38.1. The van der Waals surface area contributed by atoms with E-state index in [1.165, 1.54) is 7.11 Å². The molecule has 0 radical (unpaired) electrons. The van der Waals surface area contributed by atoms with Gasteiger partial charge in [0.1, 0.15) is 23.6 Å². The van der Waals surface area contributed by atoms with Crippen molar-refractivity contribution in [2.24, 2.45) is 29.6 Å². The lowest BCUT2D eigenvalue weighted by Gasteiger charge is -2.52. The van der Waals surface area contributed by atoms with Crippen LogP contribution in [0.15, 0.2) is 0 Å². The third-order valence-electron chi connectivity index (χ3n) is 14.8. The summed E-state index contributed by atoms with van der Waals surface area (Å²) >= 11 is 0. The molecule has 5 fully saturated rings. The molecule has 0 aromatic carbocycles. The molecule has 17 nitrogen and oxygen atoms in total. The highest BCUT2D eigenvalue weighted by atomic mass is 16.7. The maximum Gasteiger partial charge on any atom is 0.317 e. The van der Waals surface area contributed by atoms with Gasteiger partial charge in [-0.15, -0.1) is 0 Å². The van der Waals surface area contributed by atoms with Gasteiger partial charge in [-0.3, -0.25) is 24.2 Å². The number of hydrogen-bond acceptors (Lipinski definition) is 16. The molecule has 4 aliphatic heterocycles. The molecule has 0 aromatic heterocycles. The second-order valence-electron chi connectivity index (χ2n) is 19.3. The number of ether oxygens (including phenoxy) is 7. The number of aliphatic hydroxyl groups is 3.